The smallest absolute Gasteiger partial charge is 0.0375 e. The molecule has 2 heterocycles. The number of benzene rings is 1. The Bertz CT molecular complexity index is 386. The summed E-state index contributed by atoms with van der Waals surface area (Å²) in [7, 11) is 0. The summed E-state index contributed by atoms with van der Waals surface area (Å²) in [5.41, 5.74) is 4.48. The molecular weight excluding hydrogens is 228 g/mol. The number of fused-ring (bicyclic) bond motifs is 1. The molecule has 1 saturated heterocycles. The van der Waals surface area contributed by atoms with E-state index in [1.54, 1.807) is 11.1 Å². The average molecular weight is 248 g/mol. The van der Waals surface area contributed by atoms with Crippen molar-refractivity contribution in [2.24, 2.45) is 0 Å². The molecule has 0 saturated carbocycles. The summed E-state index contributed by atoms with van der Waals surface area (Å²) in [6, 6.07) is 6.74. The van der Waals surface area contributed by atoms with Gasteiger partial charge in [-0.1, -0.05) is 12.1 Å². The first-order valence-corrected chi connectivity index (χ1v) is 7.74. The number of hydrogen-bond donors (Lipinski definition) is 1. The fraction of sp³-hybridized carbons (Fsp3) is 0.571. The molecule has 0 radical (unpaired) electrons. The number of rotatable bonds is 2. The molecule has 0 atom stereocenters. The van der Waals surface area contributed by atoms with E-state index < -0.39 is 0 Å². The van der Waals surface area contributed by atoms with Gasteiger partial charge in [0.25, 0.3) is 0 Å². The summed E-state index contributed by atoms with van der Waals surface area (Å²) in [6.07, 6.45) is 2.53. The SMILES string of the molecule is c1cc(CN2CCSCC2)c2c(c1)NCCC2. The van der Waals surface area contributed by atoms with Crippen LogP contribution in [0.1, 0.15) is 17.5 Å². The lowest BCUT2D eigenvalue weighted by molar-refractivity contribution is 0.293. The molecule has 1 aromatic carbocycles. The standard InChI is InChI=1S/C14H20N2S/c1-3-12(11-16-7-9-17-10-8-16)13-4-2-6-15-14(13)5-1/h1,3,5,15H,2,4,6-11H2. The van der Waals surface area contributed by atoms with E-state index in [4.69, 9.17) is 0 Å². The van der Waals surface area contributed by atoms with Gasteiger partial charge in [-0.05, 0) is 30.0 Å². The molecule has 0 bridgehead atoms. The molecule has 1 N–H and O–H groups in total. The van der Waals surface area contributed by atoms with Crippen LogP contribution in [-0.2, 0) is 13.0 Å². The third kappa shape index (κ3) is 2.61. The second kappa shape index (κ2) is 5.32. The van der Waals surface area contributed by atoms with Crippen LogP contribution in [0.4, 0.5) is 5.69 Å². The number of hydrogen-bond acceptors (Lipinski definition) is 3. The Morgan fingerprint density at radius 3 is 3.00 bits per heavy atom. The van der Waals surface area contributed by atoms with Gasteiger partial charge in [-0.25, -0.2) is 0 Å². The van der Waals surface area contributed by atoms with Gasteiger partial charge in [-0.15, -0.1) is 0 Å². The normalized spacial score (nSPS) is 20.7. The van der Waals surface area contributed by atoms with Crippen LogP contribution >= 0.6 is 11.8 Å². The van der Waals surface area contributed by atoms with Crippen molar-refractivity contribution in [1.29, 1.82) is 0 Å². The molecule has 0 aromatic heterocycles. The van der Waals surface area contributed by atoms with Crippen molar-refractivity contribution in [3.63, 3.8) is 0 Å². The molecule has 0 unspecified atom stereocenters. The van der Waals surface area contributed by atoms with Crippen LogP contribution in [-0.4, -0.2) is 36.0 Å². The zero-order chi connectivity index (χ0) is 11.5. The molecule has 3 heteroatoms. The first-order valence-electron chi connectivity index (χ1n) is 6.58. The highest BCUT2D eigenvalue weighted by Crippen LogP contribution is 2.26. The molecule has 3 rings (SSSR count). The minimum Gasteiger partial charge on any atom is -0.385 e. The Labute approximate surface area is 108 Å². The Hall–Kier alpha value is -0.670. The molecule has 0 amide bonds. The quantitative estimate of drug-likeness (QED) is 0.866. The van der Waals surface area contributed by atoms with E-state index in [9.17, 15) is 0 Å². The van der Waals surface area contributed by atoms with E-state index in [-0.39, 0.29) is 0 Å². The van der Waals surface area contributed by atoms with E-state index in [0.717, 1.165) is 13.1 Å². The molecule has 92 valence electrons. The second-order valence-corrected chi connectivity index (χ2v) is 6.09. The number of nitrogens with one attached hydrogen (secondary N) is 1. The van der Waals surface area contributed by atoms with Gasteiger partial charge in [0.15, 0.2) is 0 Å². The molecule has 2 aliphatic rings. The predicted octanol–water partition coefficient (Wildman–Crippen LogP) is 2.59. The van der Waals surface area contributed by atoms with E-state index in [2.05, 4.69) is 40.2 Å². The zero-order valence-electron chi connectivity index (χ0n) is 10.2. The number of thioether (sulfide) groups is 1. The minimum absolute atomic E-state index is 1.14. The third-order valence-electron chi connectivity index (χ3n) is 3.69. The van der Waals surface area contributed by atoms with Gasteiger partial charge in [0, 0.05) is 43.4 Å². The van der Waals surface area contributed by atoms with Gasteiger partial charge in [0.1, 0.15) is 0 Å². The minimum atomic E-state index is 1.14. The maximum Gasteiger partial charge on any atom is 0.0375 e. The van der Waals surface area contributed by atoms with Gasteiger partial charge < -0.3 is 5.32 Å². The zero-order valence-corrected chi connectivity index (χ0v) is 11.1. The molecule has 2 nitrogen and oxygen atoms in total. The maximum absolute atomic E-state index is 3.52. The number of anilines is 1. The van der Waals surface area contributed by atoms with Gasteiger partial charge in [-0.3, -0.25) is 4.90 Å². The molecular formula is C14H20N2S. The molecule has 0 aliphatic carbocycles. The van der Waals surface area contributed by atoms with Crippen molar-refractivity contribution in [3.8, 4) is 0 Å². The first-order chi connectivity index (χ1) is 8.43. The summed E-state index contributed by atoms with van der Waals surface area (Å²) < 4.78 is 0. The van der Waals surface area contributed by atoms with Gasteiger partial charge in [-0.2, -0.15) is 11.8 Å². The molecule has 2 aliphatic heterocycles. The van der Waals surface area contributed by atoms with E-state index in [1.807, 2.05) is 0 Å². The van der Waals surface area contributed by atoms with Crippen molar-refractivity contribution >= 4 is 17.4 Å². The molecule has 0 spiro atoms. The van der Waals surface area contributed by atoms with Crippen molar-refractivity contribution in [1.82, 2.24) is 4.90 Å². The van der Waals surface area contributed by atoms with E-state index >= 15 is 0 Å². The predicted molar refractivity (Wildman–Crippen MR) is 75.9 cm³/mol. The topological polar surface area (TPSA) is 15.3 Å². The van der Waals surface area contributed by atoms with Crippen molar-refractivity contribution in [3.05, 3.63) is 29.3 Å². The summed E-state index contributed by atoms with van der Waals surface area (Å²) in [5.74, 6) is 2.60. The Morgan fingerprint density at radius 1 is 1.24 bits per heavy atom. The Balaban J connectivity index is 1.77. The van der Waals surface area contributed by atoms with Crippen molar-refractivity contribution < 1.29 is 0 Å². The van der Waals surface area contributed by atoms with Crippen LogP contribution in [0.25, 0.3) is 0 Å². The third-order valence-corrected chi connectivity index (χ3v) is 4.63. The number of nitrogens with zero attached hydrogens (tertiary/aromatic N) is 1. The lowest BCUT2D eigenvalue weighted by Crippen LogP contribution is -2.32. The van der Waals surface area contributed by atoms with Gasteiger partial charge in [0.05, 0.1) is 0 Å². The van der Waals surface area contributed by atoms with Crippen LogP contribution in [0, 0.1) is 0 Å². The van der Waals surface area contributed by atoms with Crippen molar-refractivity contribution in [2.75, 3.05) is 36.5 Å². The lowest BCUT2D eigenvalue weighted by Gasteiger charge is -2.28. The summed E-state index contributed by atoms with van der Waals surface area (Å²) in [6.45, 7) is 4.78. The fourth-order valence-corrected chi connectivity index (χ4v) is 3.71. The highest BCUT2D eigenvalue weighted by molar-refractivity contribution is 7.99. The largest absolute Gasteiger partial charge is 0.385 e. The Kier molecular flexibility index (Phi) is 3.57. The average Bonchev–Trinajstić information content (AvgIpc) is 2.40. The Morgan fingerprint density at radius 2 is 2.12 bits per heavy atom. The lowest BCUT2D eigenvalue weighted by atomic mass is 9.97. The van der Waals surface area contributed by atoms with Gasteiger partial charge in [0.2, 0.25) is 0 Å². The molecule has 1 fully saturated rings. The summed E-state index contributed by atoms with van der Waals surface area (Å²) in [4.78, 5) is 2.60. The monoisotopic (exact) mass is 248 g/mol. The summed E-state index contributed by atoms with van der Waals surface area (Å²) >= 11 is 2.08. The maximum atomic E-state index is 3.52. The fourth-order valence-electron chi connectivity index (χ4n) is 2.73. The summed E-state index contributed by atoms with van der Waals surface area (Å²) in [5, 5.41) is 3.52. The van der Waals surface area contributed by atoms with Crippen LogP contribution in [0.5, 0.6) is 0 Å². The van der Waals surface area contributed by atoms with Crippen LogP contribution in [0.15, 0.2) is 18.2 Å². The highest BCUT2D eigenvalue weighted by Gasteiger charge is 2.16. The first kappa shape index (κ1) is 11.4. The van der Waals surface area contributed by atoms with Gasteiger partial charge >= 0.3 is 0 Å². The van der Waals surface area contributed by atoms with Crippen molar-refractivity contribution in [2.45, 2.75) is 19.4 Å². The van der Waals surface area contributed by atoms with Crippen LogP contribution < -0.4 is 5.32 Å². The highest BCUT2D eigenvalue weighted by atomic mass is 32.2. The van der Waals surface area contributed by atoms with E-state index in [0.29, 0.717) is 0 Å². The van der Waals surface area contributed by atoms with Crippen LogP contribution in [0.2, 0.25) is 0 Å². The van der Waals surface area contributed by atoms with Crippen LogP contribution in [0.3, 0.4) is 0 Å². The molecule has 1 aromatic rings. The second-order valence-electron chi connectivity index (χ2n) is 4.86. The van der Waals surface area contributed by atoms with E-state index in [1.165, 1.54) is 43.1 Å². The molecule has 17 heavy (non-hydrogen) atoms.